The molecule has 2 atom stereocenters. The third-order valence-corrected chi connectivity index (χ3v) is 4.64. The first kappa shape index (κ1) is 20.6. The fraction of sp³-hybridized carbons (Fsp3) is 0.800. The van der Waals surface area contributed by atoms with Crippen LogP contribution in [0, 0.1) is 0 Å². The van der Waals surface area contributed by atoms with Gasteiger partial charge in [0.05, 0.1) is 12.1 Å². The standard InChI is InChI=1S/C20H34N2O4/c1-8-11-16-21(17(23)25-19(2,3)4)14-12-9-10-13-15(14)22(16)18(24)26-20(5,6)7/h8,14-16H,1,9-13H2,2-7H3/t14-,15-/m0/s1. The second-order valence-electron chi connectivity index (χ2n) is 9.20. The second-order valence-corrected chi connectivity index (χ2v) is 9.20. The fourth-order valence-corrected chi connectivity index (χ4v) is 3.84. The predicted molar refractivity (Wildman–Crippen MR) is 101 cm³/mol. The number of amides is 2. The average Bonchev–Trinajstić information content (AvgIpc) is 2.78. The molecule has 6 nitrogen and oxygen atoms in total. The van der Waals surface area contributed by atoms with Crippen LogP contribution < -0.4 is 0 Å². The number of fused-ring (bicyclic) bond motifs is 1. The van der Waals surface area contributed by atoms with E-state index in [1.807, 2.05) is 41.5 Å². The largest absolute Gasteiger partial charge is 0.444 e. The van der Waals surface area contributed by atoms with Gasteiger partial charge in [0.2, 0.25) is 0 Å². The number of carbonyl (C=O) groups is 2. The Morgan fingerprint density at radius 2 is 1.31 bits per heavy atom. The molecule has 0 aromatic heterocycles. The maximum Gasteiger partial charge on any atom is 0.412 e. The number of rotatable bonds is 2. The van der Waals surface area contributed by atoms with E-state index in [0.717, 1.165) is 25.7 Å². The monoisotopic (exact) mass is 366 g/mol. The van der Waals surface area contributed by atoms with Gasteiger partial charge in [-0.15, -0.1) is 6.58 Å². The van der Waals surface area contributed by atoms with E-state index in [9.17, 15) is 9.59 Å². The van der Waals surface area contributed by atoms with Gasteiger partial charge in [-0.3, -0.25) is 9.80 Å². The van der Waals surface area contributed by atoms with Gasteiger partial charge in [-0.1, -0.05) is 18.9 Å². The van der Waals surface area contributed by atoms with Crippen molar-refractivity contribution in [2.75, 3.05) is 0 Å². The van der Waals surface area contributed by atoms with Crippen molar-refractivity contribution >= 4 is 12.2 Å². The molecule has 2 aliphatic rings. The summed E-state index contributed by atoms with van der Waals surface area (Å²) in [6.07, 6.45) is 4.92. The summed E-state index contributed by atoms with van der Waals surface area (Å²) in [5.41, 5.74) is -1.17. The van der Waals surface area contributed by atoms with Crippen LogP contribution in [-0.4, -0.2) is 51.4 Å². The smallest absolute Gasteiger partial charge is 0.412 e. The first-order valence-electron chi connectivity index (χ1n) is 9.58. The zero-order valence-electron chi connectivity index (χ0n) is 17.1. The summed E-state index contributed by atoms with van der Waals surface area (Å²) in [6.45, 7) is 14.9. The van der Waals surface area contributed by atoms with Gasteiger partial charge >= 0.3 is 12.2 Å². The van der Waals surface area contributed by atoms with Crippen LogP contribution in [0.1, 0.15) is 73.6 Å². The lowest BCUT2D eigenvalue weighted by Gasteiger charge is -2.33. The van der Waals surface area contributed by atoms with Gasteiger partial charge in [0.25, 0.3) is 0 Å². The molecule has 6 heteroatoms. The van der Waals surface area contributed by atoms with Crippen molar-refractivity contribution in [3.8, 4) is 0 Å². The minimum atomic E-state index is -0.584. The lowest BCUT2D eigenvalue weighted by atomic mass is 9.90. The van der Waals surface area contributed by atoms with Crippen LogP contribution in [0.2, 0.25) is 0 Å². The highest BCUT2D eigenvalue weighted by Crippen LogP contribution is 2.39. The average molecular weight is 367 g/mol. The minimum absolute atomic E-state index is 0.0314. The van der Waals surface area contributed by atoms with Crippen LogP contribution in [0.4, 0.5) is 9.59 Å². The molecule has 0 radical (unpaired) electrons. The maximum atomic E-state index is 12.9. The van der Waals surface area contributed by atoms with Crippen LogP contribution >= 0.6 is 0 Å². The molecule has 0 aromatic carbocycles. The van der Waals surface area contributed by atoms with Crippen molar-refractivity contribution in [1.82, 2.24) is 9.80 Å². The molecule has 1 heterocycles. The lowest BCUT2D eigenvalue weighted by molar-refractivity contribution is -0.00415. The number of ether oxygens (including phenoxy) is 2. The molecule has 2 rings (SSSR count). The van der Waals surface area contributed by atoms with Crippen molar-refractivity contribution in [3.63, 3.8) is 0 Å². The Morgan fingerprint density at radius 1 is 0.923 bits per heavy atom. The Hall–Kier alpha value is -1.72. The molecule has 1 saturated heterocycles. The van der Waals surface area contributed by atoms with Gasteiger partial charge in [-0.05, 0) is 54.4 Å². The Bertz CT molecular complexity index is 503. The Balaban J connectivity index is 2.35. The SMILES string of the molecule is C=CCC1N(C(=O)OC(C)(C)C)[C@H]2CCCC[C@@H]2N1C(=O)OC(C)(C)C. The lowest BCUT2D eigenvalue weighted by Crippen LogP contribution is -2.48. The summed E-state index contributed by atoms with van der Waals surface area (Å²) >= 11 is 0. The molecular formula is C20H34N2O4. The summed E-state index contributed by atoms with van der Waals surface area (Å²) in [6, 6.07) is -0.0628. The van der Waals surface area contributed by atoms with Gasteiger partial charge in [0, 0.05) is 6.42 Å². The topological polar surface area (TPSA) is 59.1 Å². The molecule has 1 aliphatic carbocycles. The number of carbonyl (C=O) groups excluding carboxylic acids is 2. The van der Waals surface area contributed by atoms with Crippen molar-refractivity contribution < 1.29 is 19.1 Å². The maximum absolute atomic E-state index is 12.9. The molecule has 148 valence electrons. The summed E-state index contributed by atoms with van der Waals surface area (Å²) in [5.74, 6) is 0. The van der Waals surface area contributed by atoms with Crippen molar-refractivity contribution in [3.05, 3.63) is 12.7 Å². The quantitative estimate of drug-likeness (QED) is 0.665. The third kappa shape index (κ3) is 4.71. The highest BCUT2D eigenvalue weighted by molar-refractivity contribution is 5.74. The third-order valence-electron chi connectivity index (χ3n) is 4.64. The van der Waals surface area contributed by atoms with Crippen LogP contribution in [0.25, 0.3) is 0 Å². The molecule has 1 saturated carbocycles. The van der Waals surface area contributed by atoms with Gasteiger partial charge < -0.3 is 9.47 Å². The summed E-state index contributed by atoms with van der Waals surface area (Å²) in [7, 11) is 0. The number of hydrogen-bond acceptors (Lipinski definition) is 4. The Labute approximate surface area is 157 Å². The Kier molecular flexibility index (Phi) is 5.93. The van der Waals surface area contributed by atoms with E-state index in [0.29, 0.717) is 6.42 Å². The fourth-order valence-electron chi connectivity index (χ4n) is 3.84. The molecule has 0 unspecified atom stereocenters. The zero-order valence-corrected chi connectivity index (χ0v) is 17.1. The van der Waals surface area contributed by atoms with Gasteiger partial charge in [0.15, 0.2) is 0 Å². The van der Waals surface area contributed by atoms with E-state index in [4.69, 9.17) is 9.47 Å². The second kappa shape index (κ2) is 7.49. The predicted octanol–water partition coefficient (Wildman–Crippen LogP) is 4.69. The number of nitrogens with zero attached hydrogens (tertiary/aromatic N) is 2. The van der Waals surface area contributed by atoms with E-state index in [-0.39, 0.29) is 24.3 Å². The van der Waals surface area contributed by atoms with Crippen LogP contribution in [-0.2, 0) is 9.47 Å². The normalized spacial score (nSPS) is 24.2. The first-order chi connectivity index (χ1) is 11.9. The highest BCUT2D eigenvalue weighted by Gasteiger charge is 2.53. The van der Waals surface area contributed by atoms with E-state index < -0.39 is 17.4 Å². The molecule has 1 aliphatic heterocycles. The van der Waals surface area contributed by atoms with Gasteiger partial charge in [0.1, 0.15) is 17.4 Å². The first-order valence-corrected chi connectivity index (χ1v) is 9.58. The molecule has 26 heavy (non-hydrogen) atoms. The Morgan fingerprint density at radius 3 is 1.62 bits per heavy atom. The molecule has 0 bridgehead atoms. The van der Waals surface area contributed by atoms with E-state index in [2.05, 4.69) is 6.58 Å². The van der Waals surface area contributed by atoms with Crippen molar-refractivity contribution in [1.29, 1.82) is 0 Å². The van der Waals surface area contributed by atoms with Gasteiger partial charge in [-0.25, -0.2) is 9.59 Å². The van der Waals surface area contributed by atoms with Crippen molar-refractivity contribution in [2.24, 2.45) is 0 Å². The summed E-state index contributed by atoms with van der Waals surface area (Å²) in [4.78, 5) is 29.4. The molecule has 0 aromatic rings. The molecule has 2 amide bonds. The molecular weight excluding hydrogens is 332 g/mol. The molecule has 2 fully saturated rings. The van der Waals surface area contributed by atoms with Crippen LogP contribution in [0.15, 0.2) is 12.7 Å². The van der Waals surface area contributed by atoms with Gasteiger partial charge in [-0.2, -0.15) is 0 Å². The minimum Gasteiger partial charge on any atom is -0.444 e. The van der Waals surface area contributed by atoms with Crippen molar-refractivity contribution in [2.45, 2.75) is 103 Å². The number of hydrogen-bond donors (Lipinski definition) is 0. The molecule has 0 spiro atoms. The van der Waals surface area contributed by atoms with Crippen LogP contribution in [0.3, 0.4) is 0 Å². The zero-order chi connectivity index (χ0) is 19.7. The summed E-state index contributed by atoms with van der Waals surface area (Å²) < 4.78 is 11.3. The van der Waals surface area contributed by atoms with E-state index in [1.165, 1.54) is 0 Å². The van der Waals surface area contributed by atoms with E-state index in [1.54, 1.807) is 15.9 Å². The summed E-state index contributed by atoms with van der Waals surface area (Å²) in [5, 5.41) is 0. The van der Waals surface area contributed by atoms with E-state index >= 15 is 0 Å². The van der Waals surface area contributed by atoms with Crippen LogP contribution in [0.5, 0.6) is 0 Å². The highest BCUT2D eigenvalue weighted by atomic mass is 16.6. The molecule has 0 N–H and O–H groups in total.